The maximum Gasteiger partial charge on any atom is 0.236 e. The second-order valence-corrected chi connectivity index (χ2v) is 8.22. The number of benzene rings is 1. The second-order valence-electron chi connectivity index (χ2n) is 8.22. The number of carbonyl (C=O) groups excluding carboxylic acids is 1. The highest BCUT2D eigenvalue weighted by Crippen LogP contribution is 2.38. The fourth-order valence-electron chi connectivity index (χ4n) is 4.48. The number of nitrogens with zero attached hydrogens (tertiary/aromatic N) is 3. The third kappa shape index (κ3) is 4.82. The van der Waals surface area contributed by atoms with E-state index in [2.05, 4.69) is 46.9 Å². The van der Waals surface area contributed by atoms with Crippen LogP contribution in [0.25, 0.3) is 0 Å². The Balaban J connectivity index is 1.73. The maximum absolute atomic E-state index is 13.1. The van der Waals surface area contributed by atoms with Crippen LogP contribution in [-0.2, 0) is 10.2 Å². The Kier molecular flexibility index (Phi) is 6.77. The topological polar surface area (TPSA) is 36.0 Å². The molecule has 2 heterocycles. The van der Waals surface area contributed by atoms with Crippen LogP contribution in [0.5, 0.6) is 5.75 Å². The van der Waals surface area contributed by atoms with Gasteiger partial charge < -0.3 is 14.5 Å². The second kappa shape index (κ2) is 9.07. The number of ether oxygens (including phenoxy) is 1. The summed E-state index contributed by atoms with van der Waals surface area (Å²) in [5.74, 6) is 1.20. The molecule has 0 spiro atoms. The molecule has 2 aliphatic heterocycles. The van der Waals surface area contributed by atoms with Crippen LogP contribution in [0.1, 0.15) is 38.2 Å². The number of carbonyl (C=O) groups is 1. The molecule has 0 saturated carbocycles. The first-order valence-electron chi connectivity index (χ1n) is 10.4. The predicted octanol–water partition coefficient (Wildman–Crippen LogP) is 2.60. The molecule has 1 amide bonds. The average Bonchev–Trinajstić information content (AvgIpc) is 2.93. The lowest BCUT2D eigenvalue weighted by atomic mass is 9.74. The monoisotopic (exact) mass is 373 g/mol. The molecule has 5 nitrogen and oxygen atoms in total. The van der Waals surface area contributed by atoms with E-state index in [-0.39, 0.29) is 5.41 Å². The first-order chi connectivity index (χ1) is 13.1. The van der Waals surface area contributed by atoms with Gasteiger partial charge in [-0.2, -0.15) is 0 Å². The van der Waals surface area contributed by atoms with E-state index >= 15 is 0 Å². The number of hydrogen-bond acceptors (Lipinski definition) is 4. The average molecular weight is 374 g/mol. The molecule has 0 aliphatic carbocycles. The normalized spacial score (nSPS) is 25.2. The number of piperazine rings is 1. The van der Waals surface area contributed by atoms with E-state index in [0.717, 1.165) is 64.3 Å². The van der Waals surface area contributed by atoms with Crippen molar-refractivity contribution in [1.29, 1.82) is 0 Å². The molecule has 27 heavy (non-hydrogen) atoms. The summed E-state index contributed by atoms with van der Waals surface area (Å²) in [5.41, 5.74) is 1.34. The molecule has 2 aliphatic rings. The number of likely N-dealkylation sites (tertiary alicyclic amines) is 1. The van der Waals surface area contributed by atoms with Gasteiger partial charge in [0, 0.05) is 44.7 Å². The molecule has 0 aromatic heterocycles. The van der Waals surface area contributed by atoms with Crippen LogP contribution in [-0.4, -0.2) is 80.6 Å². The minimum absolute atomic E-state index is 0.0306. The van der Waals surface area contributed by atoms with Crippen molar-refractivity contribution < 1.29 is 9.53 Å². The zero-order valence-electron chi connectivity index (χ0n) is 17.2. The van der Waals surface area contributed by atoms with Gasteiger partial charge in [-0.1, -0.05) is 25.5 Å². The number of hydrogen-bond donors (Lipinski definition) is 0. The van der Waals surface area contributed by atoms with Gasteiger partial charge in [-0.3, -0.25) is 9.69 Å². The fraction of sp³-hybridized carbons (Fsp3) is 0.682. The Morgan fingerprint density at radius 3 is 2.63 bits per heavy atom. The van der Waals surface area contributed by atoms with Crippen molar-refractivity contribution in [1.82, 2.24) is 14.7 Å². The van der Waals surface area contributed by atoms with Crippen LogP contribution in [0.2, 0.25) is 0 Å². The van der Waals surface area contributed by atoms with Crippen LogP contribution in [0.3, 0.4) is 0 Å². The quantitative estimate of drug-likeness (QED) is 0.795. The van der Waals surface area contributed by atoms with Crippen molar-refractivity contribution in [2.75, 3.05) is 60.0 Å². The third-order valence-electron chi connectivity index (χ3n) is 6.49. The molecule has 3 rings (SSSR count). The smallest absolute Gasteiger partial charge is 0.236 e. The van der Waals surface area contributed by atoms with Crippen LogP contribution in [0, 0.1) is 0 Å². The lowest BCUT2D eigenvalue weighted by molar-refractivity contribution is -0.133. The highest BCUT2D eigenvalue weighted by molar-refractivity contribution is 5.78. The van der Waals surface area contributed by atoms with E-state index in [1.165, 1.54) is 12.0 Å². The van der Waals surface area contributed by atoms with E-state index in [9.17, 15) is 4.79 Å². The number of amides is 1. The Bertz CT molecular complexity index is 628. The van der Waals surface area contributed by atoms with E-state index in [0.29, 0.717) is 12.5 Å². The number of likely N-dealkylation sites (N-methyl/N-ethyl adjacent to an activating group) is 1. The van der Waals surface area contributed by atoms with Gasteiger partial charge in [0.1, 0.15) is 5.75 Å². The van der Waals surface area contributed by atoms with Crippen molar-refractivity contribution in [2.45, 2.75) is 38.0 Å². The van der Waals surface area contributed by atoms with Crippen LogP contribution < -0.4 is 4.74 Å². The van der Waals surface area contributed by atoms with Gasteiger partial charge in [-0.25, -0.2) is 0 Å². The summed E-state index contributed by atoms with van der Waals surface area (Å²) in [5, 5.41) is 0. The molecule has 2 fully saturated rings. The van der Waals surface area contributed by atoms with Crippen molar-refractivity contribution in [3.05, 3.63) is 29.8 Å². The molecule has 2 saturated heterocycles. The van der Waals surface area contributed by atoms with E-state index < -0.39 is 0 Å². The summed E-state index contributed by atoms with van der Waals surface area (Å²) in [7, 11) is 3.87. The molecular weight excluding hydrogens is 338 g/mol. The van der Waals surface area contributed by atoms with Gasteiger partial charge in [-0.15, -0.1) is 0 Å². The summed E-state index contributed by atoms with van der Waals surface area (Å²) in [6, 6.07) is 8.45. The fourth-order valence-corrected chi connectivity index (χ4v) is 4.48. The Hall–Kier alpha value is -1.59. The van der Waals surface area contributed by atoms with Crippen molar-refractivity contribution in [3.8, 4) is 5.75 Å². The highest BCUT2D eigenvalue weighted by Gasteiger charge is 2.36. The SMILES string of the molecule is CCC1(c2cccc(OC)c2)CCCCN(C(=O)CN2CCN(C)CC2)C1. The van der Waals surface area contributed by atoms with Gasteiger partial charge in [0.25, 0.3) is 0 Å². The molecule has 5 heteroatoms. The summed E-state index contributed by atoms with van der Waals surface area (Å²) in [4.78, 5) is 19.9. The minimum Gasteiger partial charge on any atom is -0.497 e. The zero-order valence-corrected chi connectivity index (χ0v) is 17.2. The summed E-state index contributed by atoms with van der Waals surface area (Å²) in [6.07, 6.45) is 4.44. The van der Waals surface area contributed by atoms with Crippen molar-refractivity contribution in [2.24, 2.45) is 0 Å². The standard InChI is InChI=1S/C22H35N3O2/c1-4-22(19-8-7-9-20(16-19)27-3)10-5-6-11-25(18-22)21(26)17-24-14-12-23(2)13-15-24/h7-9,16H,4-6,10-15,17-18H2,1-3H3. The molecule has 1 aromatic rings. The summed E-state index contributed by atoms with van der Waals surface area (Å²) >= 11 is 0. The molecular formula is C22H35N3O2. The molecule has 1 unspecified atom stereocenters. The highest BCUT2D eigenvalue weighted by atomic mass is 16.5. The molecule has 150 valence electrons. The zero-order chi connectivity index (χ0) is 19.3. The third-order valence-corrected chi connectivity index (χ3v) is 6.49. The van der Waals surface area contributed by atoms with Gasteiger partial charge in [0.15, 0.2) is 0 Å². The Morgan fingerprint density at radius 2 is 1.93 bits per heavy atom. The van der Waals surface area contributed by atoms with Gasteiger partial charge in [0.2, 0.25) is 5.91 Å². The number of methoxy groups -OCH3 is 1. The van der Waals surface area contributed by atoms with Gasteiger partial charge in [0.05, 0.1) is 13.7 Å². The van der Waals surface area contributed by atoms with Gasteiger partial charge >= 0.3 is 0 Å². The largest absolute Gasteiger partial charge is 0.497 e. The summed E-state index contributed by atoms with van der Waals surface area (Å²) in [6.45, 7) is 8.61. The number of rotatable bonds is 5. The van der Waals surface area contributed by atoms with E-state index in [4.69, 9.17) is 4.74 Å². The lowest BCUT2D eigenvalue weighted by Gasteiger charge is -2.38. The van der Waals surface area contributed by atoms with Crippen molar-refractivity contribution in [3.63, 3.8) is 0 Å². The van der Waals surface area contributed by atoms with E-state index in [1.54, 1.807) is 7.11 Å². The molecule has 0 radical (unpaired) electrons. The Labute approximate surface area is 164 Å². The first kappa shape index (κ1) is 20.2. The molecule has 0 bridgehead atoms. The van der Waals surface area contributed by atoms with Crippen molar-refractivity contribution >= 4 is 5.91 Å². The minimum atomic E-state index is 0.0306. The Morgan fingerprint density at radius 1 is 1.15 bits per heavy atom. The van der Waals surface area contributed by atoms with Crippen LogP contribution in [0.15, 0.2) is 24.3 Å². The van der Waals surface area contributed by atoms with Crippen LogP contribution >= 0.6 is 0 Å². The van der Waals surface area contributed by atoms with Gasteiger partial charge in [-0.05, 0) is 44.0 Å². The molecule has 1 aromatic carbocycles. The molecule has 0 N–H and O–H groups in total. The van der Waals surface area contributed by atoms with E-state index in [1.807, 2.05) is 6.07 Å². The summed E-state index contributed by atoms with van der Waals surface area (Å²) < 4.78 is 5.46. The predicted molar refractivity (Wildman–Crippen MR) is 109 cm³/mol. The maximum atomic E-state index is 13.1. The first-order valence-corrected chi connectivity index (χ1v) is 10.4. The molecule has 1 atom stereocenters. The van der Waals surface area contributed by atoms with Crippen LogP contribution in [0.4, 0.5) is 0 Å². The lowest BCUT2D eigenvalue weighted by Crippen LogP contribution is -2.50.